The Bertz CT molecular complexity index is 1260. The predicted octanol–water partition coefficient (Wildman–Crippen LogP) is 7.09. The number of benzene rings is 2. The average Bonchev–Trinajstić information content (AvgIpc) is 3.26. The van der Waals surface area contributed by atoms with E-state index in [1.54, 1.807) is 17.5 Å². The van der Waals surface area contributed by atoms with Gasteiger partial charge in [-0.05, 0) is 59.7 Å². The Morgan fingerprint density at radius 2 is 1.88 bits per heavy atom. The number of rotatable bonds is 6. The molecule has 0 radical (unpaired) electrons. The molecule has 0 saturated carbocycles. The molecule has 2 aromatic carbocycles. The zero-order valence-corrected chi connectivity index (χ0v) is 19.4. The summed E-state index contributed by atoms with van der Waals surface area (Å²) in [7, 11) is 0. The molecule has 1 aliphatic heterocycles. The van der Waals surface area contributed by atoms with Gasteiger partial charge >= 0.3 is 0 Å². The molecule has 4 aromatic rings. The maximum absolute atomic E-state index is 6.53. The second kappa shape index (κ2) is 9.33. The summed E-state index contributed by atoms with van der Waals surface area (Å²) >= 11 is 14.3. The van der Waals surface area contributed by atoms with Crippen molar-refractivity contribution < 1.29 is 4.74 Å². The summed E-state index contributed by atoms with van der Waals surface area (Å²) in [6, 6.07) is 21.8. The summed E-state index contributed by atoms with van der Waals surface area (Å²) in [5, 5.41) is 1.32. The molecule has 0 amide bonds. The molecule has 0 aliphatic carbocycles. The van der Waals surface area contributed by atoms with Gasteiger partial charge in [0.25, 0.3) is 0 Å². The van der Waals surface area contributed by atoms with Crippen LogP contribution in [0.15, 0.2) is 77.9 Å². The highest BCUT2D eigenvalue weighted by molar-refractivity contribution is 7.17. The molecule has 160 valence electrons. The number of anilines is 1. The zero-order valence-electron chi connectivity index (χ0n) is 17.0. The van der Waals surface area contributed by atoms with Crippen molar-refractivity contribution in [2.24, 2.45) is 4.99 Å². The van der Waals surface area contributed by atoms with Crippen LogP contribution < -0.4 is 9.64 Å². The second-order valence-electron chi connectivity index (χ2n) is 7.39. The van der Waals surface area contributed by atoms with Gasteiger partial charge < -0.3 is 9.64 Å². The number of halogens is 2. The van der Waals surface area contributed by atoms with Gasteiger partial charge in [0, 0.05) is 28.9 Å². The Labute approximate surface area is 200 Å². The normalized spacial score (nSPS) is 12.6. The molecular formula is C25H19Cl2N3OS. The number of fused-ring (bicyclic) bond motifs is 1. The van der Waals surface area contributed by atoms with E-state index in [1.165, 1.54) is 11.3 Å². The van der Waals surface area contributed by atoms with Crippen molar-refractivity contribution in [2.45, 2.75) is 13.2 Å². The van der Waals surface area contributed by atoms with Crippen molar-refractivity contribution in [1.82, 2.24) is 4.98 Å². The Morgan fingerprint density at radius 1 is 1.00 bits per heavy atom. The molecule has 3 heterocycles. The third kappa shape index (κ3) is 4.65. The van der Waals surface area contributed by atoms with Gasteiger partial charge in [0.05, 0.1) is 21.3 Å². The van der Waals surface area contributed by atoms with E-state index in [0.717, 1.165) is 32.6 Å². The lowest BCUT2D eigenvalue weighted by atomic mass is 10.1. The van der Waals surface area contributed by atoms with E-state index in [0.29, 0.717) is 24.0 Å². The molecule has 0 spiro atoms. The molecule has 2 aromatic heterocycles. The highest BCUT2D eigenvalue weighted by Gasteiger charge is 2.19. The minimum atomic E-state index is 0.378. The van der Waals surface area contributed by atoms with Gasteiger partial charge in [-0.2, -0.15) is 0 Å². The van der Waals surface area contributed by atoms with Crippen LogP contribution in [0.5, 0.6) is 5.75 Å². The molecule has 4 nitrogen and oxygen atoms in total. The van der Waals surface area contributed by atoms with Gasteiger partial charge in [-0.25, -0.2) is 0 Å². The van der Waals surface area contributed by atoms with Crippen molar-refractivity contribution in [1.29, 1.82) is 0 Å². The molecule has 0 atom stereocenters. The molecule has 0 bridgehead atoms. The molecule has 7 heteroatoms. The van der Waals surface area contributed by atoms with Crippen molar-refractivity contribution >= 4 is 46.4 Å². The fourth-order valence-electron chi connectivity index (χ4n) is 3.53. The molecule has 5 rings (SSSR count). The lowest BCUT2D eigenvalue weighted by molar-refractivity contribution is 0.301. The van der Waals surface area contributed by atoms with Gasteiger partial charge in [0.1, 0.15) is 19.0 Å². The molecule has 32 heavy (non-hydrogen) atoms. The molecule has 0 saturated heterocycles. The van der Waals surface area contributed by atoms with E-state index < -0.39 is 0 Å². The van der Waals surface area contributed by atoms with Crippen LogP contribution in [-0.4, -0.2) is 17.9 Å². The smallest absolute Gasteiger partial charge is 0.138 e. The van der Waals surface area contributed by atoms with E-state index >= 15 is 0 Å². The topological polar surface area (TPSA) is 37.7 Å². The van der Waals surface area contributed by atoms with Gasteiger partial charge in [0.15, 0.2) is 0 Å². The molecule has 0 unspecified atom stereocenters. The number of hydrogen-bond acceptors (Lipinski definition) is 5. The van der Waals surface area contributed by atoms with Crippen LogP contribution in [0.2, 0.25) is 10.0 Å². The van der Waals surface area contributed by atoms with Gasteiger partial charge in [-0.3, -0.25) is 9.98 Å². The van der Waals surface area contributed by atoms with Crippen LogP contribution in [0.4, 0.5) is 5.69 Å². The molecule has 1 aliphatic rings. The minimum Gasteiger partial charge on any atom is -0.486 e. The quantitative estimate of drug-likeness (QED) is 0.296. The average molecular weight is 480 g/mol. The third-order valence-corrected chi connectivity index (χ3v) is 6.80. The summed E-state index contributed by atoms with van der Waals surface area (Å²) < 4.78 is 5.86. The summed E-state index contributed by atoms with van der Waals surface area (Å²) in [5.74, 6) is 0.647. The summed E-state index contributed by atoms with van der Waals surface area (Å²) in [4.78, 5) is 13.4. The van der Waals surface area contributed by atoms with Crippen LogP contribution in [0.3, 0.4) is 0 Å². The van der Waals surface area contributed by atoms with E-state index in [9.17, 15) is 0 Å². The van der Waals surface area contributed by atoms with E-state index in [-0.39, 0.29) is 0 Å². The van der Waals surface area contributed by atoms with Crippen molar-refractivity contribution in [3.05, 3.63) is 99.1 Å². The molecule has 0 N–H and O–H groups in total. The standard InChI is InChI=1S/C25H19Cl2N3OS/c26-19-7-4-17(5-8-19)14-30-16-28-13-25-22(30)12-24(32-25)18-6-9-23(21(27)11-18)31-15-20-3-1-2-10-29-20/h1-13H,14-16H2. The van der Waals surface area contributed by atoms with Crippen LogP contribution >= 0.6 is 34.5 Å². The lowest BCUT2D eigenvalue weighted by Gasteiger charge is -2.25. The second-order valence-corrected chi connectivity index (χ2v) is 9.32. The van der Waals surface area contributed by atoms with Crippen molar-refractivity contribution in [3.63, 3.8) is 0 Å². The van der Waals surface area contributed by atoms with Gasteiger partial charge in [-0.1, -0.05) is 41.4 Å². The Balaban J connectivity index is 1.34. The van der Waals surface area contributed by atoms with E-state index in [2.05, 4.69) is 33.1 Å². The number of aromatic nitrogens is 1. The number of hydrogen-bond donors (Lipinski definition) is 0. The monoisotopic (exact) mass is 479 g/mol. The Morgan fingerprint density at radius 3 is 2.66 bits per heavy atom. The van der Waals surface area contributed by atoms with Gasteiger partial charge in [-0.15, -0.1) is 11.3 Å². The van der Waals surface area contributed by atoms with Crippen LogP contribution in [-0.2, 0) is 13.2 Å². The molecular weight excluding hydrogens is 461 g/mol. The largest absolute Gasteiger partial charge is 0.486 e. The Hall–Kier alpha value is -2.86. The first-order chi connectivity index (χ1) is 15.7. The van der Waals surface area contributed by atoms with Gasteiger partial charge in [0.2, 0.25) is 0 Å². The lowest BCUT2D eigenvalue weighted by Crippen LogP contribution is -2.25. The first-order valence-electron chi connectivity index (χ1n) is 10.1. The van der Waals surface area contributed by atoms with Crippen LogP contribution in [0.25, 0.3) is 10.4 Å². The van der Waals surface area contributed by atoms with Crippen molar-refractivity contribution in [2.75, 3.05) is 11.6 Å². The first-order valence-corrected chi connectivity index (χ1v) is 11.7. The summed E-state index contributed by atoms with van der Waals surface area (Å²) in [6.45, 7) is 1.79. The van der Waals surface area contributed by atoms with Crippen LogP contribution in [0.1, 0.15) is 16.1 Å². The number of thiophene rings is 1. The predicted molar refractivity (Wildman–Crippen MR) is 133 cm³/mol. The Kier molecular flexibility index (Phi) is 6.12. The summed E-state index contributed by atoms with van der Waals surface area (Å²) in [5.41, 5.74) is 4.29. The number of nitrogens with zero attached hydrogens (tertiary/aromatic N) is 3. The fourth-order valence-corrected chi connectivity index (χ4v) is 4.96. The third-order valence-electron chi connectivity index (χ3n) is 5.15. The number of pyridine rings is 1. The highest BCUT2D eigenvalue weighted by Crippen LogP contribution is 2.40. The van der Waals surface area contributed by atoms with Crippen LogP contribution in [0, 0.1) is 0 Å². The van der Waals surface area contributed by atoms with E-state index in [1.807, 2.05) is 54.7 Å². The minimum absolute atomic E-state index is 0.378. The highest BCUT2D eigenvalue weighted by atomic mass is 35.5. The maximum atomic E-state index is 6.53. The van der Waals surface area contributed by atoms with E-state index in [4.69, 9.17) is 27.9 Å². The first kappa shape index (κ1) is 21.0. The number of aliphatic imine (C=N–C) groups is 1. The zero-order chi connectivity index (χ0) is 21.9. The van der Waals surface area contributed by atoms with Crippen molar-refractivity contribution in [3.8, 4) is 16.2 Å². The maximum Gasteiger partial charge on any atom is 0.138 e. The number of ether oxygens (including phenoxy) is 1. The summed E-state index contributed by atoms with van der Waals surface area (Å²) in [6.07, 6.45) is 3.70. The molecule has 0 fully saturated rings. The SMILES string of the molecule is Clc1ccc(CN2CN=Cc3sc(-c4ccc(OCc5ccccn5)c(Cl)c4)cc32)cc1. The fraction of sp³-hybridized carbons (Fsp3) is 0.120.